The van der Waals surface area contributed by atoms with E-state index in [-0.39, 0.29) is 24.4 Å². The van der Waals surface area contributed by atoms with E-state index in [2.05, 4.69) is 17.6 Å². The standard InChI is InChI=1S/C19H29ClN2O2.ClH/c1-3-16(24-18-9-5-4-8-17(18)20)13-22-19(23)11-14(2)15-7-6-10-21-12-15;/h4-5,8-9,14-16,21H,3,6-7,10-13H2,1-2H3,(H,22,23);1H. The first-order valence-electron chi connectivity index (χ1n) is 8.98. The maximum Gasteiger partial charge on any atom is 0.220 e. The molecule has 4 nitrogen and oxygen atoms in total. The van der Waals surface area contributed by atoms with Crippen molar-refractivity contribution in [1.29, 1.82) is 0 Å². The predicted octanol–water partition coefficient (Wildman–Crippen LogP) is 4.06. The van der Waals surface area contributed by atoms with Gasteiger partial charge in [0.15, 0.2) is 0 Å². The number of hydrogen-bond donors (Lipinski definition) is 2. The van der Waals surface area contributed by atoms with E-state index in [0.717, 1.165) is 19.5 Å². The lowest BCUT2D eigenvalue weighted by Gasteiger charge is -2.28. The molecule has 1 fully saturated rings. The molecule has 0 radical (unpaired) electrons. The Balaban J connectivity index is 0.00000312. The van der Waals surface area contributed by atoms with Crippen molar-refractivity contribution < 1.29 is 9.53 Å². The maximum absolute atomic E-state index is 12.2. The zero-order valence-corrected chi connectivity index (χ0v) is 16.7. The minimum Gasteiger partial charge on any atom is -0.487 e. The van der Waals surface area contributed by atoms with Gasteiger partial charge in [0.25, 0.3) is 0 Å². The molecule has 0 spiro atoms. The van der Waals surface area contributed by atoms with Crippen molar-refractivity contribution in [3.63, 3.8) is 0 Å². The molecule has 2 N–H and O–H groups in total. The lowest BCUT2D eigenvalue weighted by Crippen LogP contribution is -2.38. The van der Waals surface area contributed by atoms with Gasteiger partial charge in [0, 0.05) is 6.42 Å². The number of halogens is 2. The van der Waals surface area contributed by atoms with Crippen molar-refractivity contribution in [3.05, 3.63) is 29.3 Å². The summed E-state index contributed by atoms with van der Waals surface area (Å²) in [6.45, 7) is 6.86. The third-order valence-corrected chi connectivity index (χ3v) is 5.07. The van der Waals surface area contributed by atoms with E-state index in [9.17, 15) is 4.79 Å². The van der Waals surface area contributed by atoms with Gasteiger partial charge in [-0.1, -0.05) is 37.6 Å². The summed E-state index contributed by atoms with van der Waals surface area (Å²) in [7, 11) is 0. The van der Waals surface area contributed by atoms with Crippen molar-refractivity contribution in [2.45, 2.75) is 45.6 Å². The van der Waals surface area contributed by atoms with Crippen LogP contribution in [0.2, 0.25) is 5.02 Å². The number of amides is 1. The summed E-state index contributed by atoms with van der Waals surface area (Å²) in [5, 5.41) is 7.03. The first-order valence-corrected chi connectivity index (χ1v) is 9.36. The van der Waals surface area contributed by atoms with Crippen LogP contribution in [0.3, 0.4) is 0 Å². The molecule has 3 unspecified atom stereocenters. The smallest absolute Gasteiger partial charge is 0.220 e. The fourth-order valence-corrected chi connectivity index (χ4v) is 3.29. The highest BCUT2D eigenvalue weighted by atomic mass is 35.5. The van der Waals surface area contributed by atoms with Crippen LogP contribution in [0.15, 0.2) is 24.3 Å². The largest absolute Gasteiger partial charge is 0.487 e. The summed E-state index contributed by atoms with van der Waals surface area (Å²) >= 11 is 6.12. The Morgan fingerprint density at radius 2 is 2.20 bits per heavy atom. The molecular weight excluding hydrogens is 359 g/mol. The molecular formula is C19H30Cl2N2O2. The van der Waals surface area contributed by atoms with E-state index < -0.39 is 0 Å². The Morgan fingerprint density at radius 1 is 1.44 bits per heavy atom. The molecule has 1 saturated heterocycles. The molecule has 1 aromatic rings. The molecule has 6 heteroatoms. The van der Waals surface area contributed by atoms with Crippen LogP contribution in [0, 0.1) is 11.8 Å². The van der Waals surface area contributed by atoms with Gasteiger partial charge < -0.3 is 15.4 Å². The molecule has 0 saturated carbocycles. The molecule has 1 aliphatic heterocycles. The number of rotatable bonds is 8. The minimum atomic E-state index is -0.0690. The van der Waals surface area contributed by atoms with Gasteiger partial charge in [-0.15, -0.1) is 12.4 Å². The summed E-state index contributed by atoms with van der Waals surface area (Å²) in [5.41, 5.74) is 0. The molecule has 1 aromatic carbocycles. The topological polar surface area (TPSA) is 50.4 Å². The molecule has 0 aromatic heterocycles. The van der Waals surface area contributed by atoms with Crippen LogP contribution in [0.25, 0.3) is 0 Å². The average Bonchev–Trinajstić information content (AvgIpc) is 2.60. The van der Waals surface area contributed by atoms with E-state index in [4.69, 9.17) is 16.3 Å². The fourth-order valence-electron chi connectivity index (χ4n) is 3.11. The van der Waals surface area contributed by atoms with E-state index in [1.165, 1.54) is 12.8 Å². The van der Waals surface area contributed by atoms with Crippen LogP contribution in [-0.4, -0.2) is 31.6 Å². The fraction of sp³-hybridized carbons (Fsp3) is 0.632. The SMILES string of the molecule is CCC(CNC(=O)CC(C)C1CCCNC1)Oc1ccccc1Cl.Cl. The predicted molar refractivity (Wildman–Crippen MR) is 106 cm³/mol. The molecule has 25 heavy (non-hydrogen) atoms. The monoisotopic (exact) mass is 388 g/mol. The lowest BCUT2D eigenvalue weighted by atomic mass is 9.85. The molecule has 3 atom stereocenters. The normalized spacial score (nSPS) is 19.4. The van der Waals surface area contributed by atoms with Gasteiger partial charge in [-0.25, -0.2) is 0 Å². The van der Waals surface area contributed by atoms with E-state index in [1.54, 1.807) is 0 Å². The van der Waals surface area contributed by atoms with Crippen LogP contribution in [0.4, 0.5) is 0 Å². The van der Waals surface area contributed by atoms with Crippen LogP contribution in [-0.2, 0) is 4.79 Å². The number of hydrogen-bond acceptors (Lipinski definition) is 3. The van der Waals surface area contributed by atoms with E-state index >= 15 is 0 Å². The van der Waals surface area contributed by atoms with Gasteiger partial charge in [0.2, 0.25) is 5.91 Å². The van der Waals surface area contributed by atoms with E-state index in [1.807, 2.05) is 31.2 Å². The molecule has 1 amide bonds. The molecule has 1 aliphatic rings. The minimum absolute atomic E-state index is 0. The maximum atomic E-state index is 12.2. The van der Waals surface area contributed by atoms with Gasteiger partial charge in [-0.3, -0.25) is 4.79 Å². The second kappa shape index (κ2) is 11.6. The highest BCUT2D eigenvalue weighted by Crippen LogP contribution is 2.25. The number of benzene rings is 1. The quantitative estimate of drug-likeness (QED) is 0.705. The number of carbonyl (C=O) groups is 1. The number of para-hydroxylation sites is 1. The van der Waals surface area contributed by atoms with Gasteiger partial charge >= 0.3 is 0 Å². The molecule has 2 rings (SSSR count). The van der Waals surface area contributed by atoms with Gasteiger partial charge in [-0.2, -0.15) is 0 Å². The number of carbonyl (C=O) groups excluding carboxylic acids is 1. The Morgan fingerprint density at radius 3 is 2.84 bits per heavy atom. The van der Waals surface area contributed by atoms with Gasteiger partial charge in [-0.05, 0) is 56.3 Å². The van der Waals surface area contributed by atoms with Gasteiger partial charge in [0.05, 0.1) is 11.6 Å². The first-order chi connectivity index (χ1) is 11.6. The van der Waals surface area contributed by atoms with Crippen LogP contribution >= 0.6 is 24.0 Å². The van der Waals surface area contributed by atoms with Crippen LogP contribution in [0.1, 0.15) is 39.5 Å². The molecule has 0 bridgehead atoms. The Labute approximate surface area is 162 Å². The summed E-state index contributed by atoms with van der Waals surface area (Å²) in [6, 6.07) is 7.43. The average molecular weight is 389 g/mol. The summed E-state index contributed by atoms with van der Waals surface area (Å²) < 4.78 is 5.91. The first kappa shape index (κ1) is 22.1. The van der Waals surface area contributed by atoms with Crippen molar-refractivity contribution in [2.75, 3.05) is 19.6 Å². The van der Waals surface area contributed by atoms with Gasteiger partial charge in [0.1, 0.15) is 11.9 Å². The molecule has 142 valence electrons. The van der Waals surface area contributed by atoms with Crippen molar-refractivity contribution in [3.8, 4) is 5.75 Å². The number of nitrogens with one attached hydrogen (secondary N) is 2. The second-order valence-electron chi connectivity index (χ2n) is 6.67. The summed E-state index contributed by atoms with van der Waals surface area (Å²) in [5.74, 6) is 1.78. The van der Waals surface area contributed by atoms with Crippen LogP contribution in [0.5, 0.6) is 5.75 Å². The van der Waals surface area contributed by atoms with Crippen molar-refractivity contribution in [2.24, 2.45) is 11.8 Å². The highest BCUT2D eigenvalue weighted by molar-refractivity contribution is 6.32. The zero-order chi connectivity index (χ0) is 17.4. The Kier molecular flexibility index (Phi) is 10.2. The highest BCUT2D eigenvalue weighted by Gasteiger charge is 2.22. The summed E-state index contributed by atoms with van der Waals surface area (Å²) in [6.07, 6.45) is 3.75. The number of ether oxygens (including phenoxy) is 1. The van der Waals surface area contributed by atoms with Crippen molar-refractivity contribution in [1.82, 2.24) is 10.6 Å². The zero-order valence-electron chi connectivity index (χ0n) is 15.1. The Bertz CT molecular complexity index is 522. The number of piperidine rings is 1. The molecule has 0 aliphatic carbocycles. The van der Waals surface area contributed by atoms with Crippen molar-refractivity contribution >= 4 is 29.9 Å². The second-order valence-corrected chi connectivity index (χ2v) is 7.08. The molecule has 1 heterocycles. The van der Waals surface area contributed by atoms with Crippen LogP contribution < -0.4 is 15.4 Å². The third kappa shape index (κ3) is 7.43. The summed E-state index contributed by atoms with van der Waals surface area (Å²) in [4.78, 5) is 12.2. The Hall–Kier alpha value is -0.970. The lowest BCUT2D eigenvalue weighted by molar-refractivity contribution is -0.122. The third-order valence-electron chi connectivity index (χ3n) is 4.76. The van der Waals surface area contributed by atoms with E-state index in [0.29, 0.717) is 35.6 Å².